The molecule has 2 fully saturated rings. The molecule has 1 amide bonds. The number of alkyl halides is 1. The molecule has 2 rings (SSSR count). The molecule has 1 aliphatic carbocycles. The Morgan fingerprint density at radius 2 is 2.12 bits per heavy atom. The first-order valence-corrected chi connectivity index (χ1v) is 8.53. The van der Waals surface area contributed by atoms with Crippen molar-refractivity contribution in [2.45, 2.75) is 74.6 Å². The molecule has 1 saturated heterocycles. The van der Waals surface area contributed by atoms with Gasteiger partial charge in [0, 0.05) is 25.0 Å². The number of carbonyl (C=O) groups excluding carboxylic acids is 1. The number of rotatable bonds is 7. The summed E-state index contributed by atoms with van der Waals surface area (Å²) in [5.41, 5.74) is 11.0. The zero-order chi connectivity index (χ0) is 18.6. The number of halogens is 1. The molecule has 0 bridgehead atoms. The van der Waals surface area contributed by atoms with Crippen LogP contribution in [0.3, 0.4) is 0 Å². The molecule has 1 aliphatic heterocycles. The van der Waals surface area contributed by atoms with E-state index in [4.69, 9.17) is 26.0 Å². The molecule has 0 aromatic rings. The fourth-order valence-corrected chi connectivity index (χ4v) is 3.20. The lowest BCUT2D eigenvalue weighted by molar-refractivity contribution is -0.199. The molecule has 10 heteroatoms. The Morgan fingerprint density at radius 3 is 2.72 bits per heavy atom. The molecule has 8 atom stereocenters. The number of nitrogens with two attached hydrogens (primary N) is 2. The highest BCUT2D eigenvalue weighted by molar-refractivity contribution is 5.81. The van der Waals surface area contributed by atoms with E-state index in [2.05, 4.69) is 5.32 Å². The van der Waals surface area contributed by atoms with E-state index < -0.39 is 55.3 Å². The molecule has 2 aliphatic rings. The van der Waals surface area contributed by atoms with Crippen LogP contribution < -0.4 is 16.8 Å². The highest BCUT2D eigenvalue weighted by atomic mass is 19.1. The number of hydrogen-bond donors (Lipinski definition) is 6. The number of aliphatic hydroxyl groups is 3. The van der Waals surface area contributed by atoms with Crippen LogP contribution in [0.15, 0.2) is 0 Å². The molecule has 25 heavy (non-hydrogen) atoms. The van der Waals surface area contributed by atoms with E-state index in [1.165, 1.54) is 0 Å². The van der Waals surface area contributed by atoms with E-state index in [1.807, 2.05) is 0 Å². The standard InChI is InChI=1S/C15H28FN3O6/c16-9(5-17)13(21)15(23)19-7-3-10(18)14(22)11(4-7)25-12-2-1-8(6-20)24-12/h7-14,20-22H,1-6,17-18H2,(H,19,23)/t7?,8?,9?,10?,11?,12?,13?,14-/m1/s1. The van der Waals surface area contributed by atoms with Gasteiger partial charge in [0.2, 0.25) is 0 Å². The second kappa shape index (κ2) is 9.17. The van der Waals surface area contributed by atoms with Gasteiger partial charge < -0.3 is 41.6 Å². The normalized spacial score (nSPS) is 38.3. The van der Waals surface area contributed by atoms with Crippen LogP contribution in [-0.2, 0) is 14.3 Å². The molecule has 1 heterocycles. The Balaban J connectivity index is 1.90. The van der Waals surface area contributed by atoms with Crippen molar-refractivity contribution in [1.82, 2.24) is 5.32 Å². The maximum atomic E-state index is 13.3. The van der Waals surface area contributed by atoms with Gasteiger partial charge in [0.15, 0.2) is 12.4 Å². The molecule has 0 radical (unpaired) electrons. The van der Waals surface area contributed by atoms with Gasteiger partial charge in [-0.05, 0) is 19.3 Å². The summed E-state index contributed by atoms with van der Waals surface area (Å²) in [6.45, 7) is -0.567. The molecule has 9 nitrogen and oxygen atoms in total. The Bertz CT molecular complexity index is 445. The van der Waals surface area contributed by atoms with Gasteiger partial charge in [0.05, 0.1) is 24.9 Å². The van der Waals surface area contributed by atoms with Gasteiger partial charge in [-0.3, -0.25) is 4.79 Å². The quantitative estimate of drug-likeness (QED) is 0.288. The molecular formula is C15H28FN3O6. The smallest absolute Gasteiger partial charge is 0.252 e. The summed E-state index contributed by atoms with van der Waals surface area (Å²) in [6, 6.07) is -1.13. The van der Waals surface area contributed by atoms with Crippen LogP contribution in [0.1, 0.15) is 25.7 Å². The van der Waals surface area contributed by atoms with E-state index in [1.54, 1.807) is 0 Å². The number of hydrogen-bond acceptors (Lipinski definition) is 8. The van der Waals surface area contributed by atoms with Gasteiger partial charge in [-0.15, -0.1) is 0 Å². The van der Waals surface area contributed by atoms with Crippen LogP contribution >= 0.6 is 0 Å². The summed E-state index contributed by atoms with van der Waals surface area (Å²) in [7, 11) is 0. The van der Waals surface area contributed by atoms with Gasteiger partial charge >= 0.3 is 0 Å². The first-order chi connectivity index (χ1) is 11.8. The Kier molecular flexibility index (Phi) is 7.50. The summed E-state index contributed by atoms with van der Waals surface area (Å²) >= 11 is 0. The van der Waals surface area contributed by atoms with Crippen molar-refractivity contribution in [3.8, 4) is 0 Å². The second-order valence-corrected chi connectivity index (χ2v) is 6.65. The minimum Gasteiger partial charge on any atom is -0.394 e. The average molecular weight is 365 g/mol. The van der Waals surface area contributed by atoms with Crippen molar-refractivity contribution in [3.63, 3.8) is 0 Å². The van der Waals surface area contributed by atoms with Crippen molar-refractivity contribution in [2.75, 3.05) is 13.2 Å². The predicted octanol–water partition coefficient (Wildman–Crippen LogP) is -2.51. The third-order valence-electron chi connectivity index (χ3n) is 4.67. The minimum absolute atomic E-state index is 0.102. The molecule has 0 spiro atoms. The minimum atomic E-state index is -1.85. The van der Waals surface area contributed by atoms with Crippen molar-refractivity contribution >= 4 is 5.91 Å². The van der Waals surface area contributed by atoms with Gasteiger partial charge in [-0.1, -0.05) is 0 Å². The number of ether oxygens (including phenoxy) is 2. The molecule has 0 aromatic heterocycles. The van der Waals surface area contributed by atoms with Crippen molar-refractivity contribution in [1.29, 1.82) is 0 Å². The van der Waals surface area contributed by atoms with E-state index in [0.717, 1.165) is 0 Å². The van der Waals surface area contributed by atoms with E-state index in [-0.39, 0.29) is 25.6 Å². The highest BCUT2D eigenvalue weighted by Crippen LogP contribution is 2.27. The first kappa shape index (κ1) is 20.4. The number of aliphatic hydroxyl groups excluding tert-OH is 3. The largest absolute Gasteiger partial charge is 0.394 e. The zero-order valence-electron chi connectivity index (χ0n) is 14.0. The zero-order valence-corrected chi connectivity index (χ0v) is 14.0. The van der Waals surface area contributed by atoms with Crippen LogP contribution in [0.2, 0.25) is 0 Å². The third kappa shape index (κ3) is 5.30. The first-order valence-electron chi connectivity index (χ1n) is 8.53. The van der Waals surface area contributed by atoms with Crippen molar-refractivity contribution in [3.05, 3.63) is 0 Å². The number of nitrogens with one attached hydrogen (secondary N) is 1. The fraction of sp³-hybridized carbons (Fsp3) is 0.933. The monoisotopic (exact) mass is 365 g/mol. The summed E-state index contributed by atoms with van der Waals surface area (Å²) in [5.74, 6) is -0.872. The van der Waals surface area contributed by atoms with Crippen LogP contribution in [0.4, 0.5) is 4.39 Å². The average Bonchev–Trinajstić information content (AvgIpc) is 3.05. The Labute approximate surface area is 145 Å². The van der Waals surface area contributed by atoms with Gasteiger partial charge in [-0.2, -0.15) is 0 Å². The maximum Gasteiger partial charge on any atom is 0.252 e. The van der Waals surface area contributed by atoms with Crippen molar-refractivity contribution in [2.24, 2.45) is 11.5 Å². The lowest BCUT2D eigenvalue weighted by Crippen LogP contribution is -2.58. The van der Waals surface area contributed by atoms with Crippen LogP contribution in [-0.4, -0.2) is 83.3 Å². The topological polar surface area (TPSA) is 160 Å². The lowest BCUT2D eigenvalue weighted by Gasteiger charge is -2.38. The van der Waals surface area contributed by atoms with Crippen LogP contribution in [0.5, 0.6) is 0 Å². The number of amides is 1. The molecular weight excluding hydrogens is 337 g/mol. The van der Waals surface area contributed by atoms with Gasteiger partial charge in [-0.25, -0.2) is 4.39 Å². The van der Waals surface area contributed by atoms with Crippen LogP contribution in [0.25, 0.3) is 0 Å². The predicted molar refractivity (Wildman–Crippen MR) is 85.0 cm³/mol. The molecule has 8 N–H and O–H groups in total. The fourth-order valence-electron chi connectivity index (χ4n) is 3.20. The van der Waals surface area contributed by atoms with Gasteiger partial charge in [0.25, 0.3) is 5.91 Å². The van der Waals surface area contributed by atoms with E-state index in [0.29, 0.717) is 12.8 Å². The maximum absolute atomic E-state index is 13.3. The Morgan fingerprint density at radius 1 is 1.40 bits per heavy atom. The Hall–Kier alpha value is -0.880. The van der Waals surface area contributed by atoms with Crippen molar-refractivity contribution < 1.29 is 34.0 Å². The summed E-state index contributed by atoms with van der Waals surface area (Å²) in [5, 5.41) is 31.4. The molecule has 146 valence electrons. The summed E-state index contributed by atoms with van der Waals surface area (Å²) < 4.78 is 24.5. The van der Waals surface area contributed by atoms with Gasteiger partial charge in [0.1, 0.15) is 6.17 Å². The van der Waals surface area contributed by atoms with Crippen LogP contribution in [0, 0.1) is 0 Å². The third-order valence-corrected chi connectivity index (χ3v) is 4.67. The molecule has 0 aromatic carbocycles. The van der Waals surface area contributed by atoms with E-state index >= 15 is 0 Å². The summed E-state index contributed by atoms with van der Waals surface area (Å²) in [6.07, 6.45) is -4.41. The highest BCUT2D eigenvalue weighted by Gasteiger charge is 2.40. The SMILES string of the molecule is NCC(F)C(O)C(=O)NC1CC(N)[C@@H](O)C(OC2CCC(CO)O2)C1. The second-order valence-electron chi connectivity index (χ2n) is 6.65. The summed E-state index contributed by atoms with van der Waals surface area (Å²) in [4.78, 5) is 11.9. The molecule has 7 unspecified atom stereocenters. The lowest BCUT2D eigenvalue weighted by atomic mass is 9.86. The number of carbonyl (C=O) groups is 1. The molecule has 1 saturated carbocycles. The van der Waals surface area contributed by atoms with E-state index in [9.17, 15) is 19.4 Å².